The summed E-state index contributed by atoms with van der Waals surface area (Å²) in [6, 6.07) is 16.0. The van der Waals surface area contributed by atoms with Crippen molar-refractivity contribution < 1.29 is 4.79 Å². The van der Waals surface area contributed by atoms with Crippen molar-refractivity contribution in [2.24, 2.45) is 11.7 Å². The van der Waals surface area contributed by atoms with E-state index in [1.807, 2.05) is 0 Å². The maximum absolute atomic E-state index is 11.7. The highest BCUT2D eigenvalue weighted by Crippen LogP contribution is 2.38. The van der Waals surface area contributed by atoms with E-state index >= 15 is 0 Å². The van der Waals surface area contributed by atoms with Gasteiger partial charge in [0.15, 0.2) is 0 Å². The van der Waals surface area contributed by atoms with Crippen molar-refractivity contribution in [1.82, 2.24) is 9.55 Å². The van der Waals surface area contributed by atoms with Gasteiger partial charge in [-0.15, -0.1) is 0 Å². The molecular formula is C26H32N4O. The lowest BCUT2D eigenvalue weighted by Gasteiger charge is -2.29. The zero-order valence-electron chi connectivity index (χ0n) is 18.3. The van der Waals surface area contributed by atoms with Gasteiger partial charge in [0.05, 0.1) is 11.0 Å². The van der Waals surface area contributed by atoms with Crippen LogP contribution in [0.2, 0.25) is 0 Å². The normalized spacial score (nSPS) is 23.3. The minimum Gasteiger partial charge on any atom is -0.382 e. The number of anilines is 1. The maximum Gasteiger partial charge on any atom is 0.220 e. The molecule has 2 aromatic carbocycles. The summed E-state index contributed by atoms with van der Waals surface area (Å²) in [7, 11) is 0. The number of carbonyl (C=O) groups excluding carboxylic acids is 1. The number of aryl methyl sites for hydroxylation is 3. The molecule has 1 amide bonds. The SMILES string of the molecule is C[C@H]1CCc2c(ccc3c2nc(CCc2ccccc2)n3[C@H]2CC[C@H](C(N)=O)CC2)N1. The molecule has 1 aliphatic carbocycles. The first-order valence-corrected chi connectivity index (χ1v) is 11.7. The fourth-order valence-electron chi connectivity index (χ4n) is 5.45. The molecule has 2 heterocycles. The standard InChI is InChI=1S/C26H32N4O/c1-17-7-13-21-22(28-17)14-15-23-25(21)29-24(16-8-18-5-3-2-4-6-18)30(23)20-11-9-19(10-12-20)26(27)31/h2-6,14-15,17,19-20,28H,7-13,16H2,1H3,(H2,27,31)/t17-,19-,20-/m0/s1. The molecule has 3 aromatic rings. The van der Waals surface area contributed by atoms with Crippen molar-refractivity contribution in [1.29, 1.82) is 0 Å². The highest BCUT2D eigenvalue weighted by molar-refractivity contribution is 5.86. The number of nitrogens with one attached hydrogen (secondary N) is 1. The van der Waals surface area contributed by atoms with Crippen LogP contribution < -0.4 is 11.1 Å². The van der Waals surface area contributed by atoms with Crippen molar-refractivity contribution in [2.75, 3.05) is 5.32 Å². The number of carbonyl (C=O) groups is 1. The maximum atomic E-state index is 11.7. The molecule has 0 bridgehead atoms. The monoisotopic (exact) mass is 416 g/mol. The molecule has 0 saturated heterocycles. The Morgan fingerprint density at radius 1 is 1.06 bits per heavy atom. The molecule has 1 aliphatic heterocycles. The largest absolute Gasteiger partial charge is 0.382 e. The fourth-order valence-corrected chi connectivity index (χ4v) is 5.45. The molecule has 162 valence electrons. The molecule has 0 unspecified atom stereocenters. The predicted octanol–water partition coefficient (Wildman–Crippen LogP) is 4.78. The molecule has 5 nitrogen and oxygen atoms in total. The average Bonchev–Trinajstić information content (AvgIpc) is 3.17. The number of amides is 1. The second-order valence-electron chi connectivity index (χ2n) is 9.33. The third-order valence-electron chi connectivity index (χ3n) is 7.21. The quantitative estimate of drug-likeness (QED) is 0.628. The molecule has 3 N–H and O–H groups in total. The second kappa shape index (κ2) is 8.37. The number of nitrogens with zero attached hydrogens (tertiary/aromatic N) is 2. The van der Waals surface area contributed by atoms with Crippen LogP contribution in [0.4, 0.5) is 5.69 Å². The Morgan fingerprint density at radius 2 is 1.84 bits per heavy atom. The second-order valence-corrected chi connectivity index (χ2v) is 9.33. The Morgan fingerprint density at radius 3 is 2.58 bits per heavy atom. The summed E-state index contributed by atoms with van der Waals surface area (Å²) in [5.41, 5.74) is 11.9. The van der Waals surface area contributed by atoms with Gasteiger partial charge >= 0.3 is 0 Å². The van der Waals surface area contributed by atoms with E-state index in [1.54, 1.807) is 0 Å². The lowest BCUT2D eigenvalue weighted by molar-refractivity contribution is -0.122. The van der Waals surface area contributed by atoms with Crippen LogP contribution in [-0.4, -0.2) is 21.5 Å². The van der Waals surface area contributed by atoms with E-state index in [-0.39, 0.29) is 11.8 Å². The minimum atomic E-state index is -0.146. The van der Waals surface area contributed by atoms with Gasteiger partial charge in [-0.05, 0) is 69.6 Å². The van der Waals surface area contributed by atoms with Crippen LogP contribution in [0, 0.1) is 5.92 Å². The van der Waals surface area contributed by atoms with E-state index in [0.717, 1.165) is 56.9 Å². The topological polar surface area (TPSA) is 72.9 Å². The smallest absolute Gasteiger partial charge is 0.220 e. The lowest BCUT2D eigenvalue weighted by atomic mass is 9.85. The third kappa shape index (κ3) is 3.93. The van der Waals surface area contributed by atoms with Gasteiger partial charge in [-0.2, -0.15) is 0 Å². The molecule has 1 fully saturated rings. The first kappa shape index (κ1) is 20.1. The summed E-state index contributed by atoms with van der Waals surface area (Å²) in [6.07, 6.45) is 7.86. The molecule has 1 saturated carbocycles. The van der Waals surface area contributed by atoms with E-state index in [9.17, 15) is 4.79 Å². The summed E-state index contributed by atoms with van der Waals surface area (Å²) < 4.78 is 2.49. The molecule has 31 heavy (non-hydrogen) atoms. The zero-order chi connectivity index (χ0) is 21.4. The summed E-state index contributed by atoms with van der Waals surface area (Å²) in [4.78, 5) is 16.9. The fraction of sp³-hybridized carbons (Fsp3) is 0.462. The molecule has 0 spiro atoms. The Balaban J connectivity index is 1.52. The first-order valence-electron chi connectivity index (χ1n) is 11.7. The molecule has 1 aromatic heterocycles. The molecule has 0 radical (unpaired) electrons. The van der Waals surface area contributed by atoms with Crippen molar-refractivity contribution in [3.05, 3.63) is 59.4 Å². The lowest BCUT2D eigenvalue weighted by Crippen LogP contribution is -2.29. The first-order chi connectivity index (χ1) is 15.1. The van der Waals surface area contributed by atoms with Gasteiger partial charge in [0.25, 0.3) is 0 Å². The Labute approximate surface area is 184 Å². The van der Waals surface area contributed by atoms with Crippen LogP contribution in [-0.2, 0) is 24.1 Å². The molecule has 2 aliphatic rings. The molecular weight excluding hydrogens is 384 g/mol. The number of hydrogen-bond acceptors (Lipinski definition) is 3. The van der Waals surface area contributed by atoms with Crippen LogP contribution in [0.15, 0.2) is 42.5 Å². The average molecular weight is 417 g/mol. The van der Waals surface area contributed by atoms with Gasteiger partial charge in [-0.25, -0.2) is 4.98 Å². The summed E-state index contributed by atoms with van der Waals surface area (Å²) in [5, 5.41) is 3.64. The van der Waals surface area contributed by atoms with Gasteiger partial charge in [0.2, 0.25) is 5.91 Å². The van der Waals surface area contributed by atoms with Gasteiger partial charge in [-0.1, -0.05) is 30.3 Å². The van der Waals surface area contributed by atoms with Crippen LogP contribution in [0.25, 0.3) is 11.0 Å². The van der Waals surface area contributed by atoms with Crippen LogP contribution in [0.5, 0.6) is 0 Å². The zero-order valence-corrected chi connectivity index (χ0v) is 18.3. The number of aromatic nitrogens is 2. The van der Waals surface area contributed by atoms with Crippen LogP contribution >= 0.6 is 0 Å². The minimum absolute atomic E-state index is 0.0252. The van der Waals surface area contributed by atoms with Crippen molar-refractivity contribution >= 4 is 22.6 Å². The van der Waals surface area contributed by atoms with Gasteiger partial charge < -0.3 is 15.6 Å². The molecule has 1 atom stereocenters. The van der Waals surface area contributed by atoms with Gasteiger partial charge in [0, 0.05) is 35.7 Å². The number of hydrogen-bond donors (Lipinski definition) is 2. The van der Waals surface area contributed by atoms with Crippen LogP contribution in [0.3, 0.4) is 0 Å². The van der Waals surface area contributed by atoms with E-state index in [2.05, 4.69) is 59.3 Å². The van der Waals surface area contributed by atoms with Crippen molar-refractivity contribution in [3.63, 3.8) is 0 Å². The van der Waals surface area contributed by atoms with Gasteiger partial charge in [-0.3, -0.25) is 4.79 Å². The number of fused-ring (bicyclic) bond motifs is 3. The van der Waals surface area contributed by atoms with E-state index in [0.29, 0.717) is 12.1 Å². The summed E-state index contributed by atoms with van der Waals surface area (Å²) in [6.45, 7) is 2.24. The van der Waals surface area contributed by atoms with E-state index in [4.69, 9.17) is 10.7 Å². The summed E-state index contributed by atoms with van der Waals surface area (Å²) >= 11 is 0. The predicted molar refractivity (Wildman–Crippen MR) is 125 cm³/mol. The molecule has 5 rings (SSSR count). The Bertz CT molecular complexity index is 1080. The molecule has 5 heteroatoms. The Hall–Kier alpha value is -2.82. The number of benzene rings is 2. The third-order valence-corrected chi connectivity index (χ3v) is 7.21. The highest BCUT2D eigenvalue weighted by atomic mass is 16.1. The van der Waals surface area contributed by atoms with Crippen LogP contribution in [0.1, 0.15) is 62.0 Å². The summed E-state index contributed by atoms with van der Waals surface area (Å²) in [5.74, 6) is 1.05. The number of imidazole rings is 1. The highest BCUT2D eigenvalue weighted by Gasteiger charge is 2.29. The van der Waals surface area contributed by atoms with E-state index in [1.165, 1.54) is 28.2 Å². The number of primary amides is 1. The van der Waals surface area contributed by atoms with Crippen molar-refractivity contribution in [3.8, 4) is 0 Å². The Kier molecular flexibility index (Phi) is 5.43. The number of nitrogens with two attached hydrogens (primary N) is 1. The van der Waals surface area contributed by atoms with Gasteiger partial charge in [0.1, 0.15) is 5.82 Å². The number of rotatable bonds is 5. The van der Waals surface area contributed by atoms with E-state index < -0.39 is 0 Å². The van der Waals surface area contributed by atoms with Crippen molar-refractivity contribution in [2.45, 2.75) is 70.4 Å².